The number of fused-ring (bicyclic) bond motifs is 2. The van der Waals surface area contributed by atoms with E-state index in [4.69, 9.17) is 4.74 Å². The molecule has 3 nitrogen and oxygen atoms in total. The Labute approximate surface area is 142 Å². The Morgan fingerprint density at radius 2 is 1.87 bits per heavy atom. The van der Waals surface area contributed by atoms with Gasteiger partial charge in [-0.3, -0.25) is 0 Å². The van der Waals surface area contributed by atoms with Gasteiger partial charge in [0.25, 0.3) is 0 Å². The van der Waals surface area contributed by atoms with Gasteiger partial charge in [0.2, 0.25) is 0 Å². The van der Waals surface area contributed by atoms with Gasteiger partial charge in [-0.25, -0.2) is 0 Å². The molecule has 1 heterocycles. The summed E-state index contributed by atoms with van der Waals surface area (Å²) in [7, 11) is 0. The van der Waals surface area contributed by atoms with E-state index in [1.807, 2.05) is 0 Å². The van der Waals surface area contributed by atoms with Crippen molar-refractivity contribution in [3.05, 3.63) is 0 Å². The van der Waals surface area contributed by atoms with Gasteiger partial charge in [-0.15, -0.1) is 0 Å². The van der Waals surface area contributed by atoms with E-state index in [9.17, 15) is 5.11 Å². The molecule has 134 valence electrons. The second-order valence-electron chi connectivity index (χ2n) is 9.40. The van der Waals surface area contributed by atoms with Crippen molar-refractivity contribution in [3.8, 4) is 0 Å². The van der Waals surface area contributed by atoms with Gasteiger partial charge in [0, 0.05) is 13.2 Å². The van der Waals surface area contributed by atoms with Crippen LogP contribution in [0.4, 0.5) is 0 Å². The highest BCUT2D eigenvalue weighted by molar-refractivity contribution is 5.11. The Hall–Kier alpha value is -0.120. The van der Waals surface area contributed by atoms with Gasteiger partial charge in [0.05, 0.1) is 12.2 Å². The van der Waals surface area contributed by atoms with Gasteiger partial charge in [-0.05, 0) is 74.3 Å². The van der Waals surface area contributed by atoms with Crippen LogP contribution < -0.4 is 0 Å². The monoisotopic (exact) mass is 323 g/mol. The molecule has 3 heteroatoms. The van der Waals surface area contributed by atoms with Gasteiger partial charge < -0.3 is 14.7 Å². The third kappa shape index (κ3) is 3.34. The topological polar surface area (TPSA) is 32.7 Å². The van der Waals surface area contributed by atoms with Crippen molar-refractivity contribution in [2.45, 2.75) is 78.4 Å². The lowest BCUT2D eigenvalue weighted by molar-refractivity contribution is -0.0568. The van der Waals surface area contributed by atoms with Gasteiger partial charge in [0.1, 0.15) is 0 Å². The summed E-state index contributed by atoms with van der Waals surface area (Å²) in [5.74, 6) is 1.69. The molecule has 2 saturated carbocycles. The molecular formula is C20H37NO2. The van der Waals surface area contributed by atoms with E-state index >= 15 is 0 Å². The second-order valence-corrected chi connectivity index (χ2v) is 9.40. The molecule has 3 fully saturated rings. The van der Waals surface area contributed by atoms with Crippen LogP contribution in [0.2, 0.25) is 0 Å². The summed E-state index contributed by atoms with van der Waals surface area (Å²) in [4.78, 5) is 2.42. The molecule has 0 aromatic heterocycles. The van der Waals surface area contributed by atoms with Gasteiger partial charge in [0.15, 0.2) is 0 Å². The predicted molar refractivity (Wildman–Crippen MR) is 94.4 cm³/mol. The first-order valence-corrected chi connectivity index (χ1v) is 9.85. The van der Waals surface area contributed by atoms with Crippen molar-refractivity contribution < 1.29 is 9.84 Å². The highest BCUT2D eigenvalue weighted by Crippen LogP contribution is 2.66. The van der Waals surface area contributed by atoms with E-state index in [1.165, 1.54) is 32.1 Å². The molecule has 0 spiro atoms. The molecule has 1 N–H and O–H groups in total. The maximum atomic E-state index is 10.3. The lowest BCUT2D eigenvalue weighted by Gasteiger charge is -2.39. The SMILES string of the molecule is CC1CCN(C[C@H](O)CCO[C@H]2C[C@H]3CC[C@@]2(C)C3(C)C)CC1. The zero-order valence-corrected chi connectivity index (χ0v) is 15.7. The third-order valence-electron chi connectivity index (χ3n) is 7.83. The number of rotatable bonds is 6. The minimum atomic E-state index is -0.234. The predicted octanol–water partition coefficient (Wildman–Crippen LogP) is 3.70. The highest BCUT2D eigenvalue weighted by atomic mass is 16.5. The van der Waals surface area contributed by atoms with Crippen molar-refractivity contribution in [1.29, 1.82) is 0 Å². The Balaban J connectivity index is 1.39. The number of likely N-dealkylation sites (tertiary alicyclic amines) is 1. The molecule has 3 rings (SSSR count). The van der Waals surface area contributed by atoms with Gasteiger partial charge in [-0.1, -0.05) is 27.7 Å². The zero-order valence-electron chi connectivity index (χ0n) is 15.7. The molecule has 3 aliphatic rings. The van der Waals surface area contributed by atoms with E-state index in [1.54, 1.807) is 0 Å². The molecule has 23 heavy (non-hydrogen) atoms. The quantitative estimate of drug-likeness (QED) is 0.809. The Morgan fingerprint density at radius 1 is 1.17 bits per heavy atom. The van der Waals surface area contributed by atoms with Crippen LogP contribution in [0, 0.1) is 22.7 Å². The molecule has 0 unspecified atom stereocenters. The number of hydrogen-bond donors (Lipinski definition) is 1. The number of ether oxygens (including phenoxy) is 1. The smallest absolute Gasteiger partial charge is 0.0689 e. The van der Waals surface area contributed by atoms with Crippen molar-refractivity contribution >= 4 is 0 Å². The summed E-state index contributed by atoms with van der Waals surface area (Å²) in [6.45, 7) is 13.5. The van der Waals surface area contributed by atoms with Crippen LogP contribution in [-0.2, 0) is 4.74 Å². The zero-order chi connectivity index (χ0) is 16.7. The first kappa shape index (κ1) is 17.7. The van der Waals surface area contributed by atoms with Gasteiger partial charge >= 0.3 is 0 Å². The van der Waals surface area contributed by atoms with Crippen molar-refractivity contribution in [3.63, 3.8) is 0 Å². The maximum Gasteiger partial charge on any atom is 0.0689 e. The number of hydrogen-bond acceptors (Lipinski definition) is 3. The van der Waals surface area contributed by atoms with Crippen LogP contribution in [0.3, 0.4) is 0 Å². The summed E-state index contributed by atoms with van der Waals surface area (Å²) in [6, 6.07) is 0. The van der Waals surface area contributed by atoms with E-state index in [0.29, 0.717) is 23.5 Å². The maximum absolute atomic E-state index is 10.3. The first-order chi connectivity index (χ1) is 10.8. The molecule has 4 atom stereocenters. The molecular weight excluding hydrogens is 286 g/mol. The van der Waals surface area contributed by atoms with Crippen molar-refractivity contribution in [1.82, 2.24) is 4.90 Å². The van der Waals surface area contributed by atoms with Crippen LogP contribution >= 0.6 is 0 Å². The summed E-state index contributed by atoms with van der Waals surface area (Å²) in [5.41, 5.74) is 0.756. The van der Waals surface area contributed by atoms with Crippen LogP contribution in [0.1, 0.15) is 66.2 Å². The Kier molecular flexibility index (Phi) is 5.11. The molecule has 0 aromatic carbocycles. The lowest BCUT2D eigenvalue weighted by atomic mass is 9.70. The van der Waals surface area contributed by atoms with Crippen LogP contribution in [0.5, 0.6) is 0 Å². The van der Waals surface area contributed by atoms with Crippen molar-refractivity contribution in [2.24, 2.45) is 22.7 Å². The van der Waals surface area contributed by atoms with E-state index in [-0.39, 0.29) is 6.10 Å². The fourth-order valence-corrected chi connectivity index (χ4v) is 5.36. The largest absolute Gasteiger partial charge is 0.392 e. The number of aliphatic hydroxyl groups excluding tert-OH is 1. The minimum Gasteiger partial charge on any atom is -0.392 e. The molecule has 1 saturated heterocycles. The highest BCUT2D eigenvalue weighted by Gasteiger charge is 2.61. The van der Waals surface area contributed by atoms with E-state index in [2.05, 4.69) is 32.6 Å². The molecule has 2 bridgehead atoms. The van der Waals surface area contributed by atoms with Crippen LogP contribution in [0.25, 0.3) is 0 Å². The average Bonchev–Trinajstić information content (AvgIpc) is 2.83. The number of nitrogens with zero attached hydrogens (tertiary/aromatic N) is 1. The summed E-state index contributed by atoms with van der Waals surface area (Å²) < 4.78 is 6.27. The van der Waals surface area contributed by atoms with E-state index < -0.39 is 0 Å². The number of β-amino-alcohol motifs (C(OH)–C–C–N with tert-alkyl or cyclic N) is 1. The van der Waals surface area contributed by atoms with Crippen LogP contribution in [0.15, 0.2) is 0 Å². The average molecular weight is 324 g/mol. The molecule has 2 aliphatic carbocycles. The molecule has 0 amide bonds. The second kappa shape index (κ2) is 6.65. The fourth-order valence-electron chi connectivity index (χ4n) is 5.36. The Morgan fingerprint density at radius 3 is 2.43 bits per heavy atom. The first-order valence-electron chi connectivity index (χ1n) is 9.85. The molecule has 0 aromatic rings. The summed E-state index contributed by atoms with van der Waals surface area (Å²) >= 11 is 0. The third-order valence-corrected chi connectivity index (χ3v) is 7.83. The normalized spacial score (nSPS) is 39.0. The minimum absolute atomic E-state index is 0.234. The van der Waals surface area contributed by atoms with Gasteiger partial charge in [-0.2, -0.15) is 0 Å². The molecule has 0 radical (unpaired) electrons. The number of aliphatic hydroxyl groups is 1. The standard InChI is InChI=1S/C20H37NO2/c1-15-6-10-21(11-7-15)14-17(22)8-12-23-18-13-16-5-9-20(18,4)19(16,2)3/h15-18,22H,5-14H2,1-4H3/t16-,17-,18+,20-/m1/s1. The Bertz CT molecular complexity index is 402. The summed E-state index contributed by atoms with van der Waals surface area (Å²) in [6.07, 6.45) is 7.42. The van der Waals surface area contributed by atoms with Crippen molar-refractivity contribution in [2.75, 3.05) is 26.2 Å². The lowest BCUT2D eigenvalue weighted by Crippen LogP contribution is -2.40. The number of piperidine rings is 1. The van der Waals surface area contributed by atoms with E-state index in [0.717, 1.165) is 37.9 Å². The summed E-state index contributed by atoms with van der Waals surface area (Å²) in [5, 5.41) is 10.3. The fraction of sp³-hybridized carbons (Fsp3) is 1.00. The van der Waals surface area contributed by atoms with Crippen LogP contribution in [-0.4, -0.2) is 48.5 Å². The molecule has 1 aliphatic heterocycles.